The van der Waals surface area contributed by atoms with Gasteiger partial charge in [-0.25, -0.2) is 4.39 Å². The molecule has 0 N–H and O–H groups in total. The topological polar surface area (TPSA) is 6.48 Å². The summed E-state index contributed by atoms with van der Waals surface area (Å²) in [6.07, 6.45) is 1.13. The van der Waals surface area contributed by atoms with Gasteiger partial charge in [0.2, 0.25) is 0 Å². The third-order valence-corrected chi connectivity index (χ3v) is 4.65. The summed E-state index contributed by atoms with van der Waals surface area (Å²) in [5.41, 5.74) is 1.81. The van der Waals surface area contributed by atoms with Gasteiger partial charge in [0.15, 0.2) is 0 Å². The van der Waals surface area contributed by atoms with Crippen LogP contribution in [0.3, 0.4) is 0 Å². The molecule has 1 atom stereocenters. The Morgan fingerprint density at radius 2 is 1.90 bits per heavy atom. The number of halogens is 1. The van der Waals surface area contributed by atoms with Crippen LogP contribution in [0.5, 0.6) is 0 Å². The van der Waals surface area contributed by atoms with Crippen LogP contribution in [0.2, 0.25) is 0 Å². The molecule has 1 aromatic carbocycles. The molecule has 1 heterocycles. The molecule has 1 fully saturated rings. The average molecular weight is 292 g/mol. The monoisotopic (exact) mass is 292 g/mol. The highest BCUT2D eigenvalue weighted by molar-refractivity contribution is 5.51. The Morgan fingerprint density at radius 3 is 2.43 bits per heavy atom. The van der Waals surface area contributed by atoms with E-state index in [0.29, 0.717) is 6.04 Å². The van der Waals surface area contributed by atoms with Crippen molar-refractivity contribution in [1.82, 2.24) is 4.90 Å². The first-order chi connectivity index (χ1) is 9.86. The Bertz CT molecular complexity index is 475. The van der Waals surface area contributed by atoms with Gasteiger partial charge >= 0.3 is 0 Å². The van der Waals surface area contributed by atoms with E-state index in [9.17, 15) is 4.39 Å². The van der Waals surface area contributed by atoms with Crippen LogP contribution in [-0.4, -0.2) is 37.1 Å². The second-order valence-corrected chi connectivity index (χ2v) is 7.03. The Hall–Kier alpha value is -1.09. The van der Waals surface area contributed by atoms with Gasteiger partial charge in [0.1, 0.15) is 5.82 Å². The Morgan fingerprint density at radius 1 is 1.24 bits per heavy atom. The molecular formula is C18H29FN2. The van der Waals surface area contributed by atoms with Gasteiger partial charge in [0.25, 0.3) is 0 Å². The minimum absolute atomic E-state index is 0.00582. The van der Waals surface area contributed by atoms with Crippen molar-refractivity contribution < 1.29 is 4.39 Å². The van der Waals surface area contributed by atoms with Gasteiger partial charge in [0.05, 0.1) is 5.69 Å². The molecule has 0 aliphatic carbocycles. The quantitative estimate of drug-likeness (QED) is 0.826. The molecule has 0 amide bonds. The summed E-state index contributed by atoms with van der Waals surface area (Å²) in [4.78, 5) is 4.67. The molecule has 0 saturated carbocycles. The largest absolute Gasteiger partial charge is 0.368 e. The molecule has 1 saturated heterocycles. The van der Waals surface area contributed by atoms with Crippen LogP contribution >= 0.6 is 0 Å². The van der Waals surface area contributed by atoms with Gasteiger partial charge < -0.3 is 4.90 Å². The summed E-state index contributed by atoms with van der Waals surface area (Å²) in [5.74, 6) is -0.0809. The lowest BCUT2D eigenvalue weighted by molar-refractivity contribution is 0.232. The average Bonchev–Trinajstić information content (AvgIpc) is 2.88. The molecule has 1 unspecified atom stereocenters. The number of hydrogen-bond acceptors (Lipinski definition) is 2. The van der Waals surface area contributed by atoms with Crippen molar-refractivity contribution in [3.05, 3.63) is 29.6 Å². The van der Waals surface area contributed by atoms with Crippen LogP contribution in [0.25, 0.3) is 0 Å². The number of nitrogens with zero attached hydrogens (tertiary/aromatic N) is 2. The number of benzene rings is 1. The normalized spacial score (nSPS) is 19.6. The van der Waals surface area contributed by atoms with Crippen LogP contribution in [0.4, 0.5) is 10.1 Å². The van der Waals surface area contributed by atoms with E-state index in [1.165, 1.54) is 0 Å². The second kappa shape index (κ2) is 6.35. The zero-order valence-electron chi connectivity index (χ0n) is 14.1. The van der Waals surface area contributed by atoms with E-state index >= 15 is 0 Å². The molecule has 0 radical (unpaired) electrons. The number of likely N-dealkylation sites (N-methyl/N-ethyl adjacent to an activating group) is 1. The molecular weight excluding hydrogens is 263 g/mol. The lowest BCUT2D eigenvalue weighted by atomic mass is 9.87. The first-order valence-corrected chi connectivity index (χ1v) is 8.15. The summed E-state index contributed by atoms with van der Waals surface area (Å²) in [6.45, 7) is 14.8. The number of rotatable bonds is 4. The first-order valence-electron chi connectivity index (χ1n) is 8.15. The number of anilines is 1. The smallest absolute Gasteiger partial charge is 0.146 e. The minimum atomic E-state index is -0.0809. The molecule has 118 valence electrons. The van der Waals surface area contributed by atoms with Crippen molar-refractivity contribution in [1.29, 1.82) is 0 Å². The lowest BCUT2D eigenvalue weighted by Crippen LogP contribution is -2.37. The number of hydrogen-bond donors (Lipinski definition) is 0. The fraction of sp³-hybridized carbons (Fsp3) is 0.667. The van der Waals surface area contributed by atoms with E-state index in [1.807, 2.05) is 6.07 Å². The van der Waals surface area contributed by atoms with Crippen molar-refractivity contribution in [2.45, 2.75) is 52.5 Å². The zero-order chi connectivity index (χ0) is 15.6. The summed E-state index contributed by atoms with van der Waals surface area (Å²) in [6, 6.07) is 6.30. The predicted octanol–water partition coefficient (Wildman–Crippen LogP) is 4.04. The molecule has 2 nitrogen and oxygen atoms in total. The van der Waals surface area contributed by atoms with Crippen LogP contribution in [0, 0.1) is 5.82 Å². The van der Waals surface area contributed by atoms with Crippen molar-refractivity contribution in [3.8, 4) is 0 Å². The summed E-state index contributed by atoms with van der Waals surface area (Å²) >= 11 is 0. The molecule has 21 heavy (non-hydrogen) atoms. The van der Waals surface area contributed by atoms with Gasteiger partial charge in [0, 0.05) is 19.1 Å². The molecule has 1 aliphatic rings. The van der Waals surface area contributed by atoms with E-state index in [-0.39, 0.29) is 11.2 Å². The standard InChI is InChI=1S/C18H29FN2/c1-6-20(7-2)15-10-11-21(13-15)17-9-8-14(12-16(17)19)18(3,4)5/h8-9,12,15H,6-7,10-11,13H2,1-5H3. The van der Waals surface area contributed by atoms with Gasteiger partial charge in [-0.1, -0.05) is 40.7 Å². The lowest BCUT2D eigenvalue weighted by Gasteiger charge is -2.27. The maximum absolute atomic E-state index is 14.5. The van der Waals surface area contributed by atoms with Crippen LogP contribution < -0.4 is 4.90 Å². The van der Waals surface area contributed by atoms with Crippen LogP contribution in [0.15, 0.2) is 18.2 Å². The molecule has 1 aliphatic heterocycles. The van der Waals surface area contributed by atoms with Gasteiger partial charge in [-0.15, -0.1) is 0 Å². The minimum Gasteiger partial charge on any atom is -0.368 e. The third-order valence-electron chi connectivity index (χ3n) is 4.65. The van der Waals surface area contributed by atoms with Crippen molar-refractivity contribution in [2.75, 3.05) is 31.1 Å². The maximum atomic E-state index is 14.5. The fourth-order valence-electron chi connectivity index (χ4n) is 3.23. The summed E-state index contributed by atoms with van der Waals surface area (Å²) in [5, 5.41) is 0. The summed E-state index contributed by atoms with van der Waals surface area (Å²) < 4.78 is 14.5. The van der Waals surface area contributed by atoms with Crippen LogP contribution in [-0.2, 0) is 5.41 Å². The predicted molar refractivity (Wildman–Crippen MR) is 88.6 cm³/mol. The Labute approximate surface area is 128 Å². The van der Waals surface area contributed by atoms with E-state index in [0.717, 1.165) is 43.9 Å². The fourth-order valence-corrected chi connectivity index (χ4v) is 3.23. The van der Waals surface area contributed by atoms with E-state index < -0.39 is 0 Å². The van der Waals surface area contributed by atoms with Crippen molar-refractivity contribution in [2.24, 2.45) is 0 Å². The SMILES string of the molecule is CCN(CC)C1CCN(c2ccc(C(C)(C)C)cc2F)C1. The van der Waals surface area contributed by atoms with Crippen molar-refractivity contribution >= 4 is 5.69 Å². The van der Waals surface area contributed by atoms with Gasteiger partial charge in [-0.2, -0.15) is 0 Å². The highest BCUT2D eigenvalue weighted by Crippen LogP contribution is 2.30. The molecule has 0 spiro atoms. The molecule has 1 aromatic rings. The molecule has 3 heteroatoms. The zero-order valence-corrected chi connectivity index (χ0v) is 14.1. The van der Waals surface area contributed by atoms with Gasteiger partial charge in [-0.3, -0.25) is 4.90 Å². The van der Waals surface area contributed by atoms with Crippen molar-refractivity contribution in [3.63, 3.8) is 0 Å². The summed E-state index contributed by atoms with van der Waals surface area (Å²) in [7, 11) is 0. The van der Waals surface area contributed by atoms with Gasteiger partial charge in [-0.05, 0) is 42.6 Å². The van der Waals surface area contributed by atoms with E-state index in [4.69, 9.17) is 0 Å². The third kappa shape index (κ3) is 3.57. The molecule has 0 bridgehead atoms. The molecule has 0 aromatic heterocycles. The van der Waals surface area contributed by atoms with E-state index in [2.05, 4.69) is 50.5 Å². The van der Waals surface area contributed by atoms with Crippen LogP contribution in [0.1, 0.15) is 46.6 Å². The molecule has 2 rings (SSSR count). The maximum Gasteiger partial charge on any atom is 0.146 e. The Balaban J connectivity index is 2.13. The highest BCUT2D eigenvalue weighted by Gasteiger charge is 2.28. The highest BCUT2D eigenvalue weighted by atomic mass is 19.1. The first kappa shape index (κ1) is 16.3. The Kier molecular flexibility index (Phi) is 4.92. The van der Waals surface area contributed by atoms with E-state index in [1.54, 1.807) is 6.07 Å². The second-order valence-electron chi connectivity index (χ2n) is 7.03.